The fourth-order valence-corrected chi connectivity index (χ4v) is 1.19. The number of anilines is 1. The van der Waals surface area contributed by atoms with E-state index < -0.39 is 18.1 Å². The molecule has 98 valence electrons. The smallest absolute Gasteiger partial charge is 0.334 e. The summed E-state index contributed by atoms with van der Waals surface area (Å²) < 4.78 is 5.02. The third-order valence-corrected chi connectivity index (χ3v) is 2.10. The molecule has 0 saturated heterocycles. The molecule has 7 nitrogen and oxygen atoms in total. The third-order valence-electron chi connectivity index (χ3n) is 2.10. The summed E-state index contributed by atoms with van der Waals surface area (Å²) in [7, 11) is 1.46. The van der Waals surface area contributed by atoms with Gasteiger partial charge in [0.1, 0.15) is 5.75 Å². The Bertz CT molecular complexity index is 435. The number of aliphatic hydroxyl groups excluding tert-OH is 1. The first kappa shape index (κ1) is 13.8. The molecule has 1 unspecified atom stereocenters. The normalized spacial score (nSPS) is 11.4. The van der Waals surface area contributed by atoms with Crippen molar-refractivity contribution in [3.8, 4) is 5.75 Å². The molecule has 0 aliphatic carbocycles. The molecular weight excluding hydrogens is 240 g/mol. The zero-order valence-electron chi connectivity index (χ0n) is 9.71. The molecule has 7 heteroatoms. The summed E-state index contributed by atoms with van der Waals surface area (Å²) in [5, 5.41) is 22.1. The van der Waals surface area contributed by atoms with Crippen molar-refractivity contribution < 1.29 is 24.5 Å². The summed E-state index contributed by atoms with van der Waals surface area (Å²) in [5.41, 5.74) is 0.447. The van der Waals surface area contributed by atoms with Crippen molar-refractivity contribution in [2.24, 2.45) is 0 Å². The molecule has 0 aliphatic heterocycles. The highest BCUT2D eigenvalue weighted by Crippen LogP contribution is 2.22. The van der Waals surface area contributed by atoms with Gasteiger partial charge in [0, 0.05) is 0 Å². The predicted molar refractivity (Wildman–Crippen MR) is 63.7 cm³/mol. The lowest BCUT2D eigenvalue weighted by molar-refractivity contribution is -0.146. The monoisotopic (exact) mass is 254 g/mol. The highest BCUT2D eigenvalue weighted by molar-refractivity contribution is 5.91. The number of ether oxygens (including phenoxy) is 1. The zero-order valence-corrected chi connectivity index (χ0v) is 9.71. The quantitative estimate of drug-likeness (QED) is 0.603. The van der Waals surface area contributed by atoms with E-state index in [2.05, 4.69) is 10.6 Å². The van der Waals surface area contributed by atoms with E-state index in [-0.39, 0.29) is 6.54 Å². The number of aliphatic hydroxyl groups is 1. The van der Waals surface area contributed by atoms with Crippen LogP contribution in [-0.2, 0) is 4.79 Å². The van der Waals surface area contributed by atoms with E-state index in [1.807, 2.05) is 0 Å². The Morgan fingerprint density at radius 1 is 1.39 bits per heavy atom. The number of rotatable bonds is 5. The Hall–Kier alpha value is -2.28. The SMILES string of the molecule is COc1ccccc1NC(=O)NCC(O)C(=O)O. The van der Waals surface area contributed by atoms with Gasteiger partial charge in [0.25, 0.3) is 0 Å². The van der Waals surface area contributed by atoms with Gasteiger partial charge in [0.2, 0.25) is 0 Å². The lowest BCUT2D eigenvalue weighted by Gasteiger charge is -2.11. The molecule has 0 saturated carbocycles. The molecule has 0 spiro atoms. The Morgan fingerprint density at radius 3 is 2.67 bits per heavy atom. The molecule has 1 rings (SSSR count). The van der Waals surface area contributed by atoms with Gasteiger partial charge in [-0.05, 0) is 12.1 Å². The van der Waals surface area contributed by atoms with Crippen LogP contribution in [0.15, 0.2) is 24.3 Å². The molecule has 0 aliphatic rings. The van der Waals surface area contributed by atoms with Crippen molar-refractivity contribution in [1.29, 1.82) is 0 Å². The summed E-state index contributed by atoms with van der Waals surface area (Å²) in [6.07, 6.45) is -1.63. The van der Waals surface area contributed by atoms with Crippen LogP contribution in [0.1, 0.15) is 0 Å². The standard InChI is InChI=1S/C11H14N2O5/c1-18-9-5-3-2-4-7(9)13-11(17)12-6-8(14)10(15)16/h2-5,8,14H,6H2,1H3,(H,15,16)(H2,12,13,17). The zero-order chi connectivity index (χ0) is 13.5. The first-order valence-electron chi connectivity index (χ1n) is 5.13. The minimum atomic E-state index is -1.63. The second-order valence-electron chi connectivity index (χ2n) is 3.39. The predicted octanol–water partition coefficient (Wildman–Crippen LogP) is 0.262. The number of carbonyl (C=O) groups is 2. The van der Waals surface area contributed by atoms with Gasteiger partial charge < -0.3 is 25.6 Å². The molecule has 1 atom stereocenters. The Labute approximate surface area is 103 Å². The fourth-order valence-electron chi connectivity index (χ4n) is 1.19. The maximum absolute atomic E-state index is 11.4. The average molecular weight is 254 g/mol. The number of para-hydroxylation sites is 2. The number of aliphatic carboxylic acids is 1. The van der Waals surface area contributed by atoms with Crippen LogP contribution in [0.3, 0.4) is 0 Å². The number of methoxy groups -OCH3 is 1. The number of urea groups is 1. The Morgan fingerprint density at radius 2 is 2.06 bits per heavy atom. The first-order valence-corrected chi connectivity index (χ1v) is 5.13. The van der Waals surface area contributed by atoms with E-state index in [0.717, 1.165) is 0 Å². The van der Waals surface area contributed by atoms with Crippen LogP contribution in [0.4, 0.5) is 10.5 Å². The number of nitrogens with one attached hydrogen (secondary N) is 2. The number of carboxylic acids is 1. The largest absolute Gasteiger partial charge is 0.495 e. The Balaban J connectivity index is 2.52. The summed E-state index contributed by atoms with van der Waals surface area (Å²) in [4.78, 5) is 21.8. The first-order chi connectivity index (χ1) is 8.54. The molecule has 0 heterocycles. The van der Waals surface area contributed by atoms with Gasteiger partial charge >= 0.3 is 12.0 Å². The molecule has 0 fully saturated rings. The van der Waals surface area contributed by atoms with Gasteiger partial charge in [-0.25, -0.2) is 9.59 Å². The van der Waals surface area contributed by atoms with E-state index in [9.17, 15) is 9.59 Å². The topological polar surface area (TPSA) is 108 Å². The fraction of sp³-hybridized carbons (Fsp3) is 0.273. The van der Waals surface area contributed by atoms with E-state index in [0.29, 0.717) is 11.4 Å². The van der Waals surface area contributed by atoms with E-state index in [4.69, 9.17) is 14.9 Å². The van der Waals surface area contributed by atoms with Crippen LogP contribution in [0, 0.1) is 0 Å². The number of carbonyl (C=O) groups excluding carboxylic acids is 1. The van der Waals surface area contributed by atoms with Crippen LogP contribution in [0.25, 0.3) is 0 Å². The van der Waals surface area contributed by atoms with E-state index in [1.165, 1.54) is 7.11 Å². The summed E-state index contributed by atoms with van der Waals surface area (Å²) in [6.45, 7) is -0.379. The number of amides is 2. The van der Waals surface area contributed by atoms with Crippen LogP contribution in [0.2, 0.25) is 0 Å². The van der Waals surface area contributed by atoms with Gasteiger partial charge in [0.05, 0.1) is 19.3 Å². The molecule has 0 aromatic heterocycles. The van der Waals surface area contributed by atoms with Gasteiger partial charge in [0.15, 0.2) is 6.10 Å². The molecule has 18 heavy (non-hydrogen) atoms. The number of carboxylic acid groups (broad SMARTS) is 1. The van der Waals surface area contributed by atoms with Crippen LogP contribution in [0.5, 0.6) is 5.75 Å². The highest BCUT2D eigenvalue weighted by atomic mass is 16.5. The molecule has 0 bridgehead atoms. The summed E-state index contributed by atoms with van der Waals surface area (Å²) in [5.74, 6) is -0.918. The maximum atomic E-state index is 11.4. The second-order valence-corrected chi connectivity index (χ2v) is 3.39. The summed E-state index contributed by atoms with van der Waals surface area (Å²) in [6, 6.07) is 6.13. The maximum Gasteiger partial charge on any atom is 0.334 e. The lowest BCUT2D eigenvalue weighted by Crippen LogP contribution is -2.38. The van der Waals surface area contributed by atoms with Crippen molar-refractivity contribution in [3.05, 3.63) is 24.3 Å². The van der Waals surface area contributed by atoms with E-state index >= 15 is 0 Å². The van der Waals surface area contributed by atoms with Crippen molar-refractivity contribution in [2.45, 2.75) is 6.10 Å². The van der Waals surface area contributed by atoms with Crippen LogP contribution >= 0.6 is 0 Å². The molecule has 1 aromatic rings. The summed E-state index contributed by atoms with van der Waals surface area (Å²) >= 11 is 0. The molecule has 1 aromatic carbocycles. The molecule has 0 radical (unpaired) electrons. The van der Waals surface area contributed by atoms with Crippen molar-refractivity contribution >= 4 is 17.7 Å². The lowest BCUT2D eigenvalue weighted by atomic mass is 10.3. The molecule has 4 N–H and O–H groups in total. The number of hydrogen-bond donors (Lipinski definition) is 4. The van der Waals surface area contributed by atoms with E-state index in [1.54, 1.807) is 24.3 Å². The van der Waals surface area contributed by atoms with Crippen LogP contribution < -0.4 is 15.4 Å². The van der Waals surface area contributed by atoms with Crippen molar-refractivity contribution in [3.63, 3.8) is 0 Å². The van der Waals surface area contributed by atoms with Gasteiger partial charge in [-0.15, -0.1) is 0 Å². The highest BCUT2D eigenvalue weighted by Gasteiger charge is 2.14. The third kappa shape index (κ3) is 3.95. The van der Waals surface area contributed by atoms with Crippen molar-refractivity contribution in [2.75, 3.05) is 19.0 Å². The Kier molecular flexibility index (Phi) is 4.94. The second kappa shape index (κ2) is 6.45. The molecule has 2 amide bonds. The average Bonchev–Trinajstić information content (AvgIpc) is 2.36. The van der Waals surface area contributed by atoms with Gasteiger partial charge in [-0.1, -0.05) is 12.1 Å². The van der Waals surface area contributed by atoms with Crippen molar-refractivity contribution in [1.82, 2.24) is 5.32 Å². The number of benzene rings is 1. The minimum Gasteiger partial charge on any atom is -0.495 e. The number of hydrogen-bond acceptors (Lipinski definition) is 4. The van der Waals surface area contributed by atoms with Gasteiger partial charge in [-0.2, -0.15) is 0 Å². The van der Waals surface area contributed by atoms with Crippen LogP contribution in [-0.4, -0.2) is 42.0 Å². The molecular formula is C11H14N2O5. The minimum absolute atomic E-state index is 0.379. The van der Waals surface area contributed by atoms with Gasteiger partial charge in [-0.3, -0.25) is 0 Å².